The molecule has 12 aromatic rings. The molecule has 0 aromatic heterocycles. The molecule has 0 saturated carbocycles. The van der Waals surface area contributed by atoms with Crippen molar-refractivity contribution < 1.29 is 9.47 Å². The minimum Gasteiger partial charge on any atom is -0.458 e. The lowest BCUT2D eigenvalue weighted by Crippen LogP contribution is -2.57. The average Bonchev–Trinajstić information content (AvgIpc) is 3.43. The first-order valence-corrected chi connectivity index (χ1v) is 24.3. The fourth-order valence-electron chi connectivity index (χ4n) is 11.2. The largest absolute Gasteiger partial charge is 0.458 e. The fraction of sp³-hybridized carbons (Fsp3) is 0. The van der Waals surface area contributed by atoms with E-state index >= 15 is 0 Å². The summed E-state index contributed by atoms with van der Waals surface area (Å²) >= 11 is 0. The van der Waals surface area contributed by atoms with Crippen LogP contribution in [0.3, 0.4) is 0 Å². The molecule has 2 aliphatic heterocycles. The molecule has 0 atom stereocenters. The maximum absolute atomic E-state index is 7.28. The van der Waals surface area contributed by atoms with E-state index in [1.54, 1.807) is 0 Å². The third-order valence-corrected chi connectivity index (χ3v) is 14.3. The van der Waals surface area contributed by atoms with Crippen molar-refractivity contribution in [3.05, 3.63) is 261 Å². The van der Waals surface area contributed by atoms with E-state index in [4.69, 9.17) is 9.47 Å². The van der Waals surface area contributed by atoms with Crippen molar-refractivity contribution in [1.29, 1.82) is 0 Å². The maximum atomic E-state index is 7.28. The Hall–Kier alpha value is -9.32. The van der Waals surface area contributed by atoms with Crippen molar-refractivity contribution >= 4 is 89.5 Å². The van der Waals surface area contributed by atoms with Gasteiger partial charge in [-0.2, -0.15) is 0 Å². The molecule has 2 heterocycles. The normalized spacial score (nSPS) is 12.1. The first kappa shape index (κ1) is 40.7. The van der Waals surface area contributed by atoms with Crippen molar-refractivity contribution in [1.82, 2.24) is 0 Å². The third kappa shape index (κ3) is 6.85. The Morgan fingerprint density at radius 3 is 1.08 bits per heavy atom. The molecule has 332 valence electrons. The zero-order chi connectivity index (χ0) is 46.8. The summed E-state index contributed by atoms with van der Waals surface area (Å²) in [7, 11) is 0. The molecule has 0 unspecified atom stereocenters. The van der Waals surface area contributed by atoms with Gasteiger partial charge in [-0.15, -0.1) is 0 Å². The van der Waals surface area contributed by atoms with E-state index in [0.717, 1.165) is 95.4 Å². The van der Waals surface area contributed by atoms with Gasteiger partial charge >= 0.3 is 0 Å². The molecule has 5 heteroatoms. The average molecular weight is 907 g/mol. The van der Waals surface area contributed by atoms with E-state index in [9.17, 15) is 0 Å². The molecule has 0 saturated heterocycles. The summed E-state index contributed by atoms with van der Waals surface area (Å²) in [5.41, 5.74) is 14.1. The van der Waals surface area contributed by atoms with E-state index < -0.39 is 0 Å². The summed E-state index contributed by atoms with van der Waals surface area (Å²) in [5, 5.41) is 7.16. The fourth-order valence-corrected chi connectivity index (χ4v) is 11.2. The van der Waals surface area contributed by atoms with Crippen LogP contribution in [0.25, 0.3) is 54.6 Å². The van der Waals surface area contributed by atoms with Gasteiger partial charge in [0.25, 0.3) is 6.71 Å². The third-order valence-electron chi connectivity index (χ3n) is 14.3. The van der Waals surface area contributed by atoms with E-state index in [0.29, 0.717) is 0 Å². The van der Waals surface area contributed by atoms with Gasteiger partial charge in [-0.05, 0) is 144 Å². The molecule has 0 spiro atoms. The zero-order valence-electron chi connectivity index (χ0n) is 38.6. The number of ether oxygens (including phenoxy) is 2. The van der Waals surface area contributed by atoms with Crippen LogP contribution in [0.15, 0.2) is 261 Å². The van der Waals surface area contributed by atoms with Gasteiger partial charge in [0, 0.05) is 51.7 Å². The van der Waals surface area contributed by atoms with Gasteiger partial charge in [-0.25, -0.2) is 0 Å². The molecule has 4 nitrogen and oxygen atoms in total. The smallest absolute Gasteiger partial charge is 0.260 e. The Labute approximate surface area is 412 Å². The summed E-state index contributed by atoms with van der Waals surface area (Å²) in [6, 6.07) is 93.2. The molecule has 12 aromatic carbocycles. The van der Waals surface area contributed by atoms with Gasteiger partial charge in [0.1, 0.15) is 23.0 Å². The van der Waals surface area contributed by atoms with Gasteiger partial charge in [0.15, 0.2) is 0 Å². The first-order valence-electron chi connectivity index (χ1n) is 24.3. The molecule has 0 amide bonds. The summed E-state index contributed by atoms with van der Waals surface area (Å²) in [6.45, 7) is -0.155. The number of hydrogen-bond donors (Lipinski definition) is 0. The van der Waals surface area contributed by atoms with Crippen molar-refractivity contribution in [2.75, 3.05) is 9.80 Å². The molecule has 0 aliphatic carbocycles. The summed E-state index contributed by atoms with van der Waals surface area (Å²) in [6.07, 6.45) is 0. The summed E-state index contributed by atoms with van der Waals surface area (Å²) in [4.78, 5) is 4.59. The Morgan fingerprint density at radius 1 is 0.268 bits per heavy atom. The van der Waals surface area contributed by atoms with Crippen LogP contribution in [0.4, 0.5) is 34.1 Å². The Kier molecular flexibility index (Phi) is 9.59. The standard InChI is InChI=1S/C66H43BN2O2/c1-5-21-48(22-6-1)68(49-23-7-2-8-24-49)52-35-37-58-60(42-52)70-62-40-47(65-56-31-17-15-29-54(56)64(55-30-16-18-32-57(55)65)46-34-33-44-19-13-14-20-45(44)39-46)41-63-66(62)67(58)59-38-36-53(43-61(59)71-63)69(50-25-9-3-10-26-50)51-27-11-4-12-28-51/h1-43H. The van der Waals surface area contributed by atoms with Crippen LogP contribution in [0.5, 0.6) is 23.0 Å². The van der Waals surface area contributed by atoms with Crippen LogP contribution in [-0.4, -0.2) is 6.71 Å². The Balaban J connectivity index is 0.991. The number of nitrogens with zero attached hydrogens (tertiary/aromatic N) is 2. The molecular weight excluding hydrogens is 864 g/mol. The Morgan fingerprint density at radius 2 is 0.648 bits per heavy atom. The molecular formula is C66H43BN2O2. The molecule has 14 rings (SSSR count). The second-order valence-corrected chi connectivity index (χ2v) is 18.4. The number of hydrogen-bond acceptors (Lipinski definition) is 4. The van der Waals surface area contributed by atoms with Crippen LogP contribution >= 0.6 is 0 Å². The second-order valence-electron chi connectivity index (χ2n) is 18.4. The number of rotatable bonds is 8. The highest BCUT2D eigenvalue weighted by atomic mass is 16.5. The quantitative estimate of drug-likeness (QED) is 0.112. The Bertz CT molecular complexity index is 3720. The summed E-state index contributed by atoms with van der Waals surface area (Å²) < 4.78 is 14.6. The summed E-state index contributed by atoms with van der Waals surface area (Å²) in [5.74, 6) is 3.20. The van der Waals surface area contributed by atoms with Gasteiger partial charge in [-0.3, -0.25) is 0 Å². The predicted octanol–water partition coefficient (Wildman–Crippen LogP) is 16.1. The molecule has 2 aliphatic rings. The van der Waals surface area contributed by atoms with Gasteiger partial charge in [-0.1, -0.05) is 170 Å². The number of benzene rings is 12. The molecule has 0 bridgehead atoms. The minimum absolute atomic E-state index is 0.155. The molecule has 71 heavy (non-hydrogen) atoms. The van der Waals surface area contributed by atoms with Gasteiger partial charge in [0.2, 0.25) is 0 Å². The van der Waals surface area contributed by atoms with E-state index in [-0.39, 0.29) is 6.71 Å². The van der Waals surface area contributed by atoms with Crippen LogP contribution in [-0.2, 0) is 0 Å². The van der Waals surface area contributed by atoms with E-state index in [1.807, 2.05) is 0 Å². The van der Waals surface area contributed by atoms with Gasteiger partial charge in [0.05, 0.1) is 0 Å². The highest BCUT2D eigenvalue weighted by Crippen LogP contribution is 2.48. The second kappa shape index (κ2) is 16.7. The number of fused-ring (bicyclic) bond motifs is 7. The van der Waals surface area contributed by atoms with Crippen LogP contribution < -0.4 is 35.7 Å². The van der Waals surface area contributed by atoms with Crippen molar-refractivity contribution in [2.24, 2.45) is 0 Å². The van der Waals surface area contributed by atoms with Crippen LogP contribution in [0.1, 0.15) is 0 Å². The van der Waals surface area contributed by atoms with Crippen molar-refractivity contribution in [3.63, 3.8) is 0 Å². The van der Waals surface area contributed by atoms with Crippen molar-refractivity contribution in [3.8, 4) is 45.3 Å². The molecule has 0 radical (unpaired) electrons. The SMILES string of the molecule is c1ccc(N(c2ccccc2)c2ccc3c(c2)Oc2cc(-c4c5ccccc5c(-c5ccc6ccccc6c5)c5ccccc45)cc4c2B3c2ccc(N(c3ccccc3)c3ccccc3)cc2O4)cc1. The number of para-hydroxylation sites is 4. The van der Waals surface area contributed by atoms with Crippen LogP contribution in [0.2, 0.25) is 0 Å². The van der Waals surface area contributed by atoms with E-state index in [2.05, 4.69) is 271 Å². The first-order chi connectivity index (χ1) is 35.2. The lowest BCUT2D eigenvalue weighted by molar-refractivity contribution is 0.465. The maximum Gasteiger partial charge on any atom is 0.260 e. The zero-order valence-corrected chi connectivity index (χ0v) is 38.6. The number of anilines is 6. The predicted molar refractivity (Wildman–Crippen MR) is 297 cm³/mol. The lowest BCUT2D eigenvalue weighted by Gasteiger charge is -2.35. The topological polar surface area (TPSA) is 24.9 Å². The monoisotopic (exact) mass is 906 g/mol. The lowest BCUT2D eigenvalue weighted by atomic mass is 9.35. The molecule has 0 N–H and O–H groups in total. The van der Waals surface area contributed by atoms with Crippen LogP contribution in [0, 0.1) is 0 Å². The van der Waals surface area contributed by atoms with Crippen molar-refractivity contribution in [2.45, 2.75) is 0 Å². The minimum atomic E-state index is -0.155. The molecule has 0 fully saturated rings. The highest BCUT2D eigenvalue weighted by molar-refractivity contribution is 6.98. The van der Waals surface area contributed by atoms with E-state index in [1.165, 1.54) is 32.7 Å². The van der Waals surface area contributed by atoms with Gasteiger partial charge < -0.3 is 19.3 Å². The highest BCUT2D eigenvalue weighted by Gasteiger charge is 2.41.